The van der Waals surface area contributed by atoms with Gasteiger partial charge in [0.15, 0.2) is 0 Å². The molecule has 0 atom stereocenters. The Hall–Kier alpha value is -2.82. The van der Waals surface area contributed by atoms with Gasteiger partial charge in [-0.05, 0) is 36.8 Å². The molecule has 0 unspecified atom stereocenters. The molecule has 1 amide bonds. The normalized spacial score (nSPS) is 10.8. The summed E-state index contributed by atoms with van der Waals surface area (Å²) in [4.78, 5) is 12.5. The largest absolute Gasteiger partial charge is 0.491 e. The van der Waals surface area contributed by atoms with Crippen LogP contribution in [-0.4, -0.2) is 27.5 Å². The molecule has 0 saturated carbocycles. The lowest BCUT2D eigenvalue weighted by molar-refractivity contribution is 0.102. The predicted octanol–water partition coefficient (Wildman–Crippen LogP) is 2.64. The SMILES string of the molecule is C#CCNS(=O)(=O)c1cccc(C(=O)Nc2ccccc2OCCC)c1. The first-order chi connectivity index (χ1) is 12.5. The van der Waals surface area contributed by atoms with Crippen molar-refractivity contribution in [2.24, 2.45) is 0 Å². The summed E-state index contributed by atoms with van der Waals surface area (Å²) in [5.74, 6) is 2.32. The van der Waals surface area contributed by atoms with E-state index in [4.69, 9.17) is 11.2 Å². The van der Waals surface area contributed by atoms with E-state index < -0.39 is 15.9 Å². The number of nitrogens with one attached hydrogen (secondary N) is 2. The molecule has 0 aromatic heterocycles. The Balaban J connectivity index is 2.21. The molecule has 0 fully saturated rings. The van der Waals surface area contributed by atoms with Crippen LogP contribution in [0.4, 0.5) is 5.69 Å². The minimum Gasteiger partial charge on any atom is -0.491 e. The monoisotopic (exact) mass is 372 g/mol. The second kappa shape index (κ2) is 9.04. The van der Waals surface area contributed by atoms with Crippen molar-refractivity contribution in [2.75, 3.05) is 18.5 Å². The molecule has 7 heteroatoms. The van der Waals surface area contributed by atoms with Gasteiger partial charge in [-0.25, -0.2) is 8.42 Å². The number of terminal acetylenes is 1. The second-order valence-electron chi connectivity index (χ2n) is 5.36. The molecule has 2 aromatic rings. The van der Waals surface area contributed by atoms with Crippen molar-refractivity contribution in [2.45, 2.75) is 18.2 Å². The molecule has 0 aliphatic rings. The molecular weight excluding hydrogens is 352 g/mol. The molecule has 2 rings (SSSR count). The average molecular weight is 372 g/mol. The maximum atomic E-state index is 12.5. The van der Waals surface area contributed by atoms with Gasteiger partial charge in [0.05, 0.1) is 23.7 Å². The van der Waals surface area contributed by atoms with Gasteiger partial charge >= 0.3 is 0 Å². The molecule has 136 valence electrons. The van der Waals surface area contributed by atoms with Gasteiger partial charge in [-0.1, -0.05) is 31.0 Å². The third-order valence-electron chi connectivity index (χ3n) is 3.37. The van der Waals surface area contributed by atoms with E-state index in [-0.39, 0.29) is 17.0 Å². The van der Waals surface area contributed by atoms with E-state index in [1.54, 1.807) is 18.2 Å². The summed E-state index contributed by atoms with van der Waals surface area (Å²) >= 11 is 0. The Kier molecular flexibility index (Phi) is 6.78. The van der Waals surface area contributed by atoms with Gasteiger partial charge in [0.1, 0.15) is 5.75 Å². The van der Waals surface area contributed by atoms with E-state index in [0.717, 1.165) is 6.42 Å². The molecule has 0 saturated heterocycles. The van der Waals surface area contributed by atoms with Crippen molar-refractivity contribution in [1.29, 1.82) is 0 Å². The molecule has 6 nitrogen and oxygen atoms in total. The summed E-state index contributed by atoms with van der Waals surface area (Å²) in [5, 5.41) is 2.75. The van der Waals surface area contributed by atoms with Crippen LogP contribution in [0.5, 0.6) is 5.75 Å². The van der Waals surface area contributed by atoms with Crippen LogP contribution in [0.25, 0.3) is 0 Å². The lowest BCUT2D eigenvalue weighted by Crippen LogP contribution is -2.24. The summed E-state index contributed by atoms with van der Waals surface area (Å²) in [7, 11) is -3.77. The van der Waals surface area contributed by atoms with E-state index in [1.807, 2.05) is 13.0 Å². The van der Waals surface area contributed by atoms with E-state index in [9.17, 15) is 13.2 Å². The molecule has 0 aliphatic heterocycles. The maximum absolute atomic E-state index is 12.5. The van der Waals surface area contributed by atoms with Crippen molar-refractivity contribution in [3.8, 4) is 18.1 Å². The van der Waals surface area contributed by atoms with E-state index >= 15 is 0 Å². The molecule has 0 bridgehead atoms. The van der Waals surface area contributed by atoms with Crippen LogP contribution in [0.1, 0.15) is 23.7 Å². The standard InChI is InChI=1S/C19H20N2O4S/c1-3-12-20-26(23,24)16-9-7-8-15(14-16)19(22)21-17-10-5-6-11-18(17)25-13-4-2/h1,5-11,14,20H,4,12-13H2,2H3,(H,21,22). The van der Waals surface area contributed by atoms with Crippen molar-refractivity contribution in [3.63, 3.8) is 0 Å². The molecule has 0 spiro atoms. The molecule has 0 radical (unpaired) electrons. The van der Waals surface area contributed by atoms with Gasteiger partial charge in [-0.2, -0.15) is 4.72 Å². The van der Waals surface area contributed by atoms with Crippen LogP contribution >= 0.6 is 0 Å². The first-order valence-electron chi connectivity index (χ1n) is 8.04. The van der Waals surface area contributed by atoms with Crippen molar-refractivity contribution < 1.29 is 17.9 Å². The maximum Gasteiger partial charge on any atom is 0.255 e. The fraction of sp³-hybridized carbons (Fsp3) is 0.211. The average Bonchev–Trinajstić information content (AvgIpc) is 2.66. The fourth-order valence-electron chi connectivity index (χ4n) is 2.13. The molecule has 26 heavy (non-hydrogen) atoms. The molecular formula is C19H20N2O4S. The second-order valence-corrected chi connectivity index (χ2v) is 7.12. The zero-order chi connectivity index (χ0) is 19.0. The number of hydrogen-bond donors (Lipinski definition) is 2. The summed E-state index contributed by atoms with van der Waals surface area (Å²) in [6, 6.07) is 12.8. The Bertz CT molecular complexity index is 917. The highest BCUT2D eigenvalue weighted by molar-refractivity contribution is 7.89. The topological polar surface area (TPSA) is 84.5 Å². The Morgan fingerprint density at radius 2 is 1.96 bits per heavy atom. The third-order valence-corrected chi connectivity index (χ3v) is 4.77. The van der Waals surface area contributed by atoms with Crippen LogP contribution in [0.15, 0.2) is 53.4 Å². The highest BCUT2D eigenvalue weighted by Gasteiger charge is 2.16. The minimum absolute atomic E-state index is 0.0316. The van der Waals surface area contributed by atoms with Crippen LogP contribution in [-0.2, 0) is 10.0 Å². The van der Waals surface area contributed by atoms with Gasteiger partial charge in [-0.15, -0.1) is 6.42 Å². The predicted molar refractivity (Wildman–Crippen MR) is 101 cm³/mol. The zero-order valence-electron chi connectivity index (χ0n) is 14.4. The lowest BCUT2D eigenvalue weighted by atomic mass is 10.2. The first-order valence-corrected chi connectivity index (χ1v) is 9.52. The fourth-order valence-corrected chi connectivity index (χ4v) is 3.11. The number of ether oxygens (including phenoxy) is 1. The number of rotatable bonds is 8. The van der Waals surface area contributed by atoms with Gasteiger partial charge < -0.3 is 10.1 Å². The van der Waals surface area contributed by atoms with E-state index in [2.05, 4.69) is 16.0 Å². The van der Waals surface area contributed by atoms with E-state index in [1.165, 1.54) is 24.3 Å². The highest BCUT2D eigenvalue weighted by atomic mass is 32.2. The smallest absolute Gasteiger partial charge is 0.255 e. The van der Waals surface area contributed by atoms with Crippen LogP contribution in [0.2, 0.25) is 0 Å². The lowest BCUT2D eigenvalue weighted by Gasteiger charge is -2.12. The van der Waals surface area contributed by atoms with Gasteiger partial charge in [0, 0.05) is 5.56 Å². The van der Waals surface area contributed by atoms with Crippen LogP contribution < -0.4 is 14.8 Å². The number of para-hydroxylation sites is 2. The first kappa shape index (κ1) is 19.5. The number of carbonyl (C=O) groups is 1. The van der Waals surface area contributed by atoms with Crippen molar-refractivity contribution in [1.82, 2.24) is 4.72 Å². The summed E-state index contributed by atoms with van der Waals surface area (Å²) in [6.07, 6.45) is 5.91. The van der Waals surface area contributed by atoms with Gasteiger partial charge in [-0.3, -0.25) is 4.79 Å². The summed E-state index contributed by atoms with van der Waals surface area (Å²) in [5.41, 5.74) is 0.726. The molecule has 0 heterocycles. The summed E-state index contributed by atoms with van der Waals surface area (Å²) < 4.78 is 32.1. The Labute approximate surface area is 153 Å². The van der Waals surface area contributed by atoms with Gasteiger partial charge in [0.2, 0.25) is 10.0 Å². The number of sulfonamides is 1. The van der Waals surface area contributed by atoms with E-state index in [0.29, 0.717) is 18.0 Å². The quantitative estimate of drug-likeness (QED) is 0.698. The van der Waals surface area contributed by atoms with Crippen LogP contribution in [0.3, 0.4) is 0 Å². The molecule has 0 aliphatic carbocycles. The number of anilines is 1. The number of amides is 1. The molecule has 2 N–H and O–H groups in total. The highest BCUT2D eigenvalue weighted by Crippen LogP contribution is 2.24. The summed E-state index contributed by atoms with van der Waals surface area (Å²) in [6.45, 7) is 2.39. The molecule has 2 aromatic carbocycles. The minimum atomic E-state index is -3.77. The van der Waals surface area contributed by atoms with Gasteiger partial charge in [0.25, 0.3) is 5.91 Å². The zero-order valence-corrected chi connectivity index (χ0v) is 15.2. The number of carbonyl (C=O) groups excluding carboxylic acids is 1. The van der Waals surface area contributed by atoms with Crippen molar-refractivity contribution >= 4 is 21.6 Å². The third kappa shape index (κ3) is 5.09. The van der Waals surface area contributed by atoms with Crippen LogP contribution in [0, 0.1) is 12.3 Å². The number of benzene rings is 2. The van der Waals surface area contributed by atoms with Crippen molar-refractivity contribution in [3.05, 3.63) is 54.1 Å². The Morgan fingerprint density at radius 1 is 1.19 bits per heavy atom. The number of hydrogen-bond acceptors (Lipinski definition) is 4. The Morgan fingerprint density at radius 3 is 2.69 bits per heavy atom.